The molecule has 0 amide bonds. The quantitative estimate of drug-likeness (QED) is 0.626. The van der Waals surface area contributed by atoms with Crippen molar-refractivity contribution >= 4 is 11.3 Å². The number of anilines is 1. The molecule has 0 aliphatic carbocycles. The van der Waals surface area contributed by atoms with E-state index < -0.39 is 0 Å². The zero-order chi connectivity index (χ0) is 12.7. The molecule has 0 spiro atoms. The Kier molecular flexibility index (Phi) is 5.17. The molecular formula is C14H16FNO. The van der Waals surface area contributed by atoms with Gasteiger partial charge in [-0.2, -0.15) is 0 Å². The molecule has 1 rings (SSSR count). The number of nitrogens with two attached hydrogens (primary N) is 1. The monoisotopic (exact) mass is 233 g/mol. The number of methoxy groups -OCH3 is 1. The zero-order valence-electron chi connectivity index (χ0n) is 9.82. The molecule has 0 heterocycles. The summed E-state index contributed by atoms with van der Waals surface area (Å²) < 4.78 is 18.6. The summed E-state index contributed by atoms with van der Waals surface area (Å²) in [7, 11) is 1.58. The van der Waals surface area contributed by atoms with Crippen LogP contribution in [0.1, 0.15) is 5.56 Å². The van der Waals surface area contributed by atoms with Gasteiger partial charge in [0.1, 0.15) is 5.82 Å². The molecule has 3 heteroatoms. The van der Waals surface area contributed by atoms with Gasteiger partial charge in [-0.25, -0.2) is 4.39 Å². The summed E-state index contributed by atoms with van der Waals surface area (Å²) in [6, 6.07) is 4.49. The van der Waals surface area contributed by atoms with Crippen LogP contribution in [0.15, 0.2) is 49.1 Å². The molecule has 0 saturated heterocycles. The molecule has 1 aromatic carbocycles. The standard InChI is InChI=1S/C14H16FNO/c1-3-4-5-11(8-9-17-2)13-10-12(16)6-7-14(13)15/h3-8,10H,1,9,16H2,2H3/b5-4-,11-8+. The van der Waals surface area contributed by atoms with Crippen molar-refractivity contribution in [2.75, 3.05) is 19.5 Å². The highest BCUT2D eigenvalue weighted by Gasteiger charge is 2.05. The zero-order valence-corrected chi connectivity index (χ0v) is 9.82. The molecule has 0 fully saturated rings. The Bertz CT molecular complexity index is 450. The SMILES string of the molecule is C=C/C=C\C(=C/COC)c1cc(N)ccc1F. The van der Waals surface area contributed by atoms with Crippen molar-refractivity contribution in [2.45, 2.75) is 0 Å². The predicted octanol–water partition coefficient (Wildman–Crippen LogP) is 3.18. The average molecular weight is 233 g/mol. The van der Waals surface area contributed by atoms with Crippen LogP contribution in [-0.2, 0) is 4.74 Å². The Morgan fingerprint density at radius 1 is 1.53 bits per heavy atom. The first-order valence-corrected chi connectivity index (χ1v) is 5.22. The minimum atomic E-state index is -0.310. The smallest absolute Gasteiger partial charge is 0.131 e. The highest BCUT2D eigenvalue weighted by atomic mass is 19.1. The van der Waals surface area contributed by atoms with Gasteiger partial charge in [0.2, 0.25) is 0 Å². The first kappa shape index (κ1) is 13.2. The maximum atomic E-state index is 13.7. The van der Waals surface area contributed by atoms with Crippen LogP contribution in [0, 0.1) is 5.82 Å². The second-order valence-corrected chi connectivity index (χ2v) is 3.45. The van der Waals surface area contributed by atoms with Gasteiger partial charge in [-0.15, -0.1) is 0 Å². The summed E-state index contributed by atoms with van der Waals surface area (Å²) in [5, 5.41) is 0. The molecule has 0 bridgehead atoms. The van der Waals surface area contributed by atoms with E-state index in [1.54, 1.807) is 37.5 Å². The lowest BCUT2D eigenvalue weighted by molar-refractivity contribution is 0.234. The van der Waals surface area contributed by atoms with Crippen LogP contribution < -0.4 is 5.73 Å². The maximum absolute atomic E-state index is 13.7. The van der Waals surface area contributed by atoms with E-state index in [0.29, 0.717) is 17.9 Å². The van der Waals surface area contributed by atoms with E-state index in [9.17, 15) is 4.39 Å². The van der Waals surface area contributed by atoms with Crippen LogP contribution in [0.3, 0.4) is 0 Å². The summed E-state index contributed by atoms with van der Waals surface area (Å²) in [5.74, 6) is -0.310. The van der Waals surface area contributed by atoms with Crippen LogP contribution in [0.2, 0.25) is 0 Å². The fourth-order valence-electron chi connectivity index (χ4n) is 1.38. The van der Waals surface area contributed by atoms with Gasteiger partial charge in [0.05, 0.1) is 6.61 Å². The Labute approximate surface area is 101 Å². The minimum absolute atomic E-state index is 0.310. The van der Waals surface area contributed by atoms with Crippen LogP contribution in [0.25, 0.3) is 5.57 Å². The molecule has 17 heavy (non-hydrogen) atoms. The van der Waals surface area contributed by atoms with E-state index in [2.05, 4.69) is 6.58 Å². The van der Waals surface area contributed by atoms with Crippen LogP contribution in [-0.4, -0.2) is 13.7 Å². The van der Waals surface area contributed by atoms with Gasteiger partial charge in [-0.05, 0) is 23.8 Å². The molecule has 2 N–H and O–H groups in total. The number of halogens is 1. The molecule has 0 unspecified atom stereocenters. The number of hydrogen-bond acceptors (Lipinski definition) is 2. The highest BCUT2D eigenvalue weighted by Crippen LogP contribution is 2.22. The molecular weight excluding hydrogens is 217 g/mol. The van der Waals surface area contributed by atoms with E-state index in [1.807, 2.05) is 0 Å². The molecule has 0 aliphatic heterocycles. The van der Waals surface area contributed by atoms with Gasteiger partial charge < -0.3 is 10.5 Å². The largest absolute Gasteiger partial charge is 0.399 e. The van der Waals surface area contributed by atoms with Crippen molar-refractivity contribution in [3.63, 3.8) is 0 Å². The number of rotatable bonds is 5. The number of ether oxygens (including phenoxy) is 1. The third kappa shape index (κ3) is 3.89. The Morgan fingerprint density at radius 3 is 2.94 bits per heavy atom. The van der Waals surface area contributed by atoms with Crippen LogP contribution in [0.5, 0.6) is 0 Å². The number of allylic oxidation sites excluding steroid dienone is 4. The number of benzene rings is 1. The third-order valence-corrected chi connectivity index (χ3v) is 2.18. The summed E-state index contributed by atoms with van der Waals surface area (Å²) in [5.41, 5.74) is 7.36. The summed E-state index contributed by atoms with van der Waals surface area (Å²) in [4.78, 5) is 0. The topological polar surface area (TPSA) is 35.2 Å². The van der Waals surface area contributed by atoms with Crippen LogP contribution >= 0.6 is 0 Å². The van der Waals surface area contributed by atoms with E-state index in [0.717, 1.165) is 5.57 Å². The summed E-state index contributed by atoms with van der Waals surface area (Å²) in [6.45, 7) is 3.99. The van der Waals surface area contributed by atoms with Crippen LogP contribution in [0.4, 0.5) is 10.1 Å². The highest BCUT2D eigenvalue weighted by molar-refractivity contribution is 5.76. The lowest BCUT2D eigenvalue weighted by Crippen LogP contribution is -1.94. The van der Waals surface area contributed by atoms with Gasteiger partial charge >= 0.3 is 0 Å². The predicted molar refractivity (Wildman–Crippen MR) is 70.0 cm³/mol. The normalized spacial score (nSPS) is 12.0. The Morgan fingerprint density at radius 2 is 2.29 bits per heavy atom. The summed E-state index contributed by atoms with van der Waals surface area (Å²) >= 11 is 0. The second-order valence-electron chi connectivity index (χ2n) is 3.45. The van der Waals surface area contributed by atoms with Crippen molar-refractivity contribution in [1.29, 1.82) is 0 Å². The lowest BCUT2D eigenvalue weighted by Gasteiger charge is -2.06. The maximum Gasteiger partial charge on any atom is 0.131 e. The summed E-state index contributed by atoms with van der Waals surface area (Å²) in [6.07, 6.45) is 6.93. The van der Waals surface area contributed by atoms with E-state index in [1.165, 1.54) is 12.1 Å². The van der Waals surface area contributed by atoms with Gasteiger partial charge in [-0.3, -0.25) is 0 Å². The first-order valence-electron chi connectivity index (χ1n) is 5.22. The second kappa shape index (κ2) is 6.66. The van der Waals surface area contributed by atoms with Gasteiger partial charge in [-0.1, -0.05) is 30.9 Å². The fraction of sp³-hybridized carbons (Fsp3) is 0.143. The van der Waals surface area contributed by atoms with E-state index in [4.69, 9.17) is 10.5 Å². The van der Waals surface area contributed by atoms with Crippen molar-refractivity contribution in [2.24, 2.45) is 0 Å². The minimum Gasteiger partial charge on any atom is -0.399 e. The van der Waals surface area contributed by atoms with E-state index >= 15 is 0 Å². The molecule has 0 atom stereocenters. The van der Waals surface area contributed by atoms with Crippen molar-refractivity contribution in [1.82, 2.24) is 0 Å². The Hall–Kier alpha value is -1.87. The van der Waals surface area contributed by atoms with Crippen molar-refractivity contribution in [3.8, 4) is 0 Å². The first-order chi connectivity index (χ1) is 8.19. The molecule has 90 valence electrons. The van der Waals surface area contributed by atoms with Crippen molar-refractivity contribution in [3.05, 3.63) is 60.5 Å². The van der Waals surface area contributed by atoms with Gasteiger partial charge in [0.25, 0.3) is 0 Å². The third-order valence-electron chi connectivity index (χ3n) is 2.18. The number of hydrogen-bond donors (Lipinski definition) is 1. The molecule has 1 aromatic rings. The molecule has 0 aliphatic rings. The van der Waals surface area contributed by atoms with Crippen molar-refractivity contribution < 1.29 is 9.13 Å². The fourth-order valence-corrected chi connectivity index (χ4v) is 1.38. The molecule has 0 radical (unpaired) electrons. The lowest BCUT2D eigenvalue weighted by atomic mass is 10.0. The van der Waals surface area contributed by atoms with E-state index in [-0.39, 0.29) is 5.82 Å². The Balaban J connectivity index is 3.16. The average Bonchev–Trinajstić information content (AvgIpc) is 2.33. The molecule has 0 saturated carbocycles. The molecule has 0 aromatic heterocycles. The van der Waals surface area contributed by atoms with Gasteiger partial charge in [0.15, 0.2) is 0 Å². The number of nitrogen functional groups attached to an aromatic ring is 1. The molecule has 2 nitrogen and oxygen atoms in total. The van der Waals surface area contributed by atoms with Gasteiger partial charge in [0, 0.05) is 18.4 Å².